The van der Waals surface area contributed by atoms with Gasteiger partial charge in [-0.2, -0.15) is 0 Å². The Morgan fingerprint density at radius 3 is 2.45 bits per heavy atom. The summed E-state index contributed by atoms with van der Waals surface area (Å²) < 4.78 is 4.36. The molecule has 0 aliphatic heterocycles. The fourth-order valence-corrected chi connectivity index (χ4v) is 0.298. The van der Waals surface area contributed by atoms with Gasteiger partial charge in [0.1, 0.15) is 6.61 Å². The molecule has 0 aliphatic carbocycles. The molecule has 0 unspecified atom stereocenters. The summed E-state index contributed by atoms with van der Waals surface area (Å²) in [7, 11) is 0. The molecule has 0 atom stereocenters. The van der Waals surface area contributed by atoms with Crippen LogP contribution in [0.2, 0.25) is 0 Å². The van der Waals surface area contributed by atoms with Crippen molar-refractivity contribution in [2.45, 2.75) is 6.42 Å². The Kier molecular flexibility index (Phi) is 9.40. The van der Waals surface area contributed by atoms with Gasteiger partial charge in [-0.25, -0.2) is 4.79 Å². The predicted octanol–water partition coefficient (Wildman–Crippen LogP) is -0.458. The summed E-state index contributed by atoms with van der Waals surface area (Å²) in [5.41, 5.74) is 0. The maximum atomic E-state index is 10.3. The molecule has 11 heavy (non-hydrogen) atoms. The van der Waals surface area contributed by atoms with Crippen LogP contribution in [0.15, 0.2) is 12.7 Å². The van der Waals surface area contributed by atoms with E-state index in [1.807, 2.05) is 0 Å². The molecule has 0 aliphatic rings. The molecule has 0 aromatic heterocycles. The van der Waals surface area contributed by atoms with E-state index < -0.39 is 11.9 Å². The first-order valence-electron chi connectivity index (χ1n) is 2.68. The molecule has 5 heteroatoms. The molecule has 0 fully saturated rings. The molecule has 0 aromatic rings. The Labute approximate surface area is 86.5 Å². The summed E-state index contributed by atoms with van der Waals surface area (Å²) in [6.45, 7) is 3.04. The van der Waals surface area contributed by atoms with E-state index in [1.54, 1.807) is 0 Å². The number of carboxylic acids is 1. The van der Waals surface area contributed by atoms with Gasteiger partial charge in [-0.3, -0.25) is 4.79 Å². The SMILES string of the molecule is C=CC(=O)OCCC(=O)O.[NaH]. The zero-order valence-electron chi connectivity index (χ0n) is 5.37. The van der Waals surface area contributed by atoms with E-state index in [-0.39, 0.29) is 42.6 Å². The van der Waals surface area contributed by atoms with Crippen LogP contribution in [0.1, 0.15) is 6.42 Å². The summed E-state index contributed by atoms with van der Waals surface area (Å²) >= 11 is 0. The maximum absolute atomic E-state index is 10.3. The van der Waals surface area contributed by atoms with Crippen LogP contribution in [-0.2, 0) is 14.3 Å². The Hall–Kier alpha value is -0.320. The molecule has 0 amide bonds. The summed E-state index contributed by atoms with van der Waals surface area (Å²) in [4.78, 5) is 20.1. The average Bonchev–Trinajstić information content (AvgIpc) is 1.87. The predicted molar refractivity (Wildman–Crippen MR) is 40.6 cm³/mol. The molecule has 4 nitrogen and oxygen atoms in total. The second-order valence-corrected chi connectivity index (χ2v) is 1.52. The Morgan fingerprint density at radius 2 is 2.09 bits per heavy atom. The number of hydrogen-bond acceptors (Lipinski definition) is 3. The Bertz CT molecular complexity index is 155. The molecule has 0 saturated carbocycles. The zero-order valence-corrected chi connectivity index (χ0v) is 5.37. The number of esters is 1. The standard InChI is InChI=1S/C6H8O4.Na.H/c1-2-6(9)10-4-3-5(7)8;;/h2H,1,3-4H2,(H,7,8);;. The van der Waals surface area contributed by atoms with Gasteiger partial charge in [-0.05, 0) is 0 Å². The minimum absolute atomic E-state index is 0. The number of ether oxygens (including phenoxy) is 1. The van der Waals surface area contributed by atoms with E-state index in [9.17, 15) is 9.59 Å². The molecule has 0 rings (SSSR count). The van der Waals surface area contributed by atoms with Crippen LogP contribution in [0.25, 0.3) is 0 Å². The van der Waals surface area contributed by atoms with Crippen LogP contribution in [-0.4, -0.2) is 53.2 Å². The van der Waals surface area contributed by atoms with Gasteiger partial charge < -0.3 is 9.84 Å². The van der Waals surface area contributed by atoms with Crippen LogP contribution in [0, 0.1) is 0 Å². The van der Waals surface area contributed by atoms with Gasteiger partial charge in [0.25, 0.3) is 0 Å². The van der Waals surface area contributed by atoms with Gasteiger partial charge in [0.2, 0.25) is 0 Å². The van der Waals surface area contributed by atoms with Gasteiger partial charge in [-0.15, -0.1) is 0 Å². The Balaban J connectivity index is 0. The number of carbonyl (C=O) groups excluding carboxylic acids is 1. The first-order valence-corrected chi connectivity index (χ1v) is 2.68. The van der Waals surface area contributed by atoms with E-state index >= 15 is 0 Å². The van der Waals surface area contributed by atoms with Crippen LogP contribution < -0.4 is 0 Å². The fraction of sp³-hybridized carbons (Fsp3) is 0.333. The van der Waals surface area contributed by atoms with Gasteiger partial charge in [-0.1, -0.05) is 6.58 Å². The third kappa shape index (κ3) is 9.68. The van der Waals surface area contributed by atoms with E-state index in [2.05, 4.69) is 11.3 Å². The summed E-state index contributed by atoms with van der Waals surface area (Å²) in [5.74, 6) is -1.59. The van der Waals surface area contributed by atoms with Crippen LogP contribution in [0.3, 0.4) is 0 Å². The molecular formula is C6H9NaO4. The zero-order chi connectivity index (χ0) is 7.98. The molecule has 58 valence electrons. The Morgan fingerprint density at radius 1 is 1.55 bits per heavy atom. The normalized spacial score (nSPS) is 7.64. The number of hydrogen-bond donors (Lipinski definition) is 1. The second kappa shape index (κ2) is 7.78. The van der Waals surface area contributed by atoms with Crippen molar-refractivity contribution in [1.29, 1.82) is 0 Å². The number of rotatable bonds is 4. The quantitative estimate of drug-likeness (QED) is 0.350. The third-order valence-electron chi connectivity index (χ3n) is 0.727. The number of carboxylic acid groups (broad SMARTS) is 1. The first kappa shape index (κ1) is 13.3. The third-order valence-corrected chi connectivity index (χ3v) is 0.727. The summed E-state index contributed by atoms with van der Waals surface area (Å²) in [6, 6.07) is 0. The number of carbonyl (C=O) groups is 2. The van der Waals surface area contributed by atoms with Crippen LogP contribution in [0.5, 0.6) is 0 Å². The van der Waals surface area contributed by atoms with Crippen molar-refractivity contribution in [2.75, 3.05) is 6.61 Å². The van der Waals surface area contributed by atoms with Crippen molar-refractivity contribution in [2.24, 2.45) is 0 Å². The number of aliphatic carboxylic acids is 1. The molecule has 0 saturated heterocycles. The fourth-order valence-electron chi connectivity index (χ4n) is 0.298. The van der Waals surface area contributed by atoms with Gasteiger partial charge in [0, 0.05) is 6.08 Å². The average molecular weight is 168 g/mol. The van der Waals surface area contributed by atoms with E-state index in [0.717, 1.165) is 6.08 Å². The minimum atomic E-state index is -0.989. The van der Waals surface area contributed by atoms with Crippen molar-refractivity contribution >= 4 is 41.5 Å². The van der Waals surface area contributed by atoms with Gasteiger partial charge >= 0.3 is 41.5 Å². The monoisotopic (exact) mass is 168 g/mol. The van der Waals surface area contributed by atoms with E-state index in [0.29, 0.717) is 0 Å². The first-order chi connectivity index (χ1) is 4.66. The van der Waals surface area contributed by atoms with Crippen molar-refractivity contribution in [3.8, 4) is 0 Å². The second-order valence-electron chi connectivity index (χ2n) is 1.52. The molecule has 0 spiro atoms. The van der Waals surface area contributed by atoms with Crippen molar-refractivity contribution < 1.29 is 19.4 Å². The van der Waals surface area contributed by atoms with E-state index in [4.69, 9.17) is 5.11 Å². The topological polar surface area (TPSA) is 63.6 Å². The van der Waals surface area contributed by atoms with Crippen LogP contribution >= 0.6 is 0 Å². The van der Waals surface area contributed by atoms with E-state index in [1.165, 1.54) is 0 Å². The van der Waals surface area contributed by atoms with Crippen LogP contribution in [0.4, 0.5) is 0 Å². The van der Waals surface area contributed by atoms with Gasteiger partial charge in [0.15, 0.2) is 0 Å². The molecule has 0 heterocycles. The summed E-state index contributed by atoms with van der Waals surface area (Å²) in [5, 5.41) is 8.08. The van der Waals surface area contributed by atoms with Crippen molar-refractivity contribution in [3.63, 3.8) is 0 Å². The molecular weight excluding hydrogens is 159 g/mol. The summed E-state index contributed by atoms with van der Waals surface area (Å²) in [6.07, 6.45) is 0.821. The molecule has 0 aromatic carbocycles. The molecule has 0 radical (unpaired) electrons. The van der Waals surface area contributed by atoms with Crippen molar-refractivity contribution in [3.05, 3.63) is 12.7 Å². The van der Waals surface area contributed by atoms with Gasteiger partial charge in [0.05, 0.1) is 6.42 Å². The van der Waals surface area contributed by atoms with Crippen molar-refractivity contribution in [1.82, 2.24) is 0 Å². The molecule has 0 bridgehead atoms. The molecule has 1 N–H and O–H groups in total.